The van der Waals surface area contributed by atoms with Gasteiger partial charge in [0.15, 0.2) is 5.78 Å². The van der Waals surface area contributed by atoms with Gasteiger partial charge in [-0.25, -0.2) is 15.0 Å². The number of carbonyl (C=O) groups excluding carboxylic acids is 1. The Labute approximate surface area is 199 Å². The number of halogens is 1. The zero-order chi connectivity index (χ0) is 24.4. The standard InChI is InChI=1S/C25H21FN8O/c1-3-15-6-7-16(11-28-15)32-20-9-8-18(23(26)34-20)22(35)19-12-29-24-21(19)25(31-13-30-24)33-17-5-4-14(2)27-10-17/h4-13H,3H2,1-2H3,(H,32,34)(H2,29,30,31,33). The highest BCUT2D eigenvalue weighted by atomic mass is 19.1. The van der Waals surface area contributed by atoms with Crippen LogP contribution in [0.25, 0.3) is 11.0 Å². The van der Waals surface area contributed by atoms with Crippen molar-refractivity contribution in [3.05, 3.63) is 89.8 Å². The van der Waals surface area contributed by atoms with Gasteiger partial charge in [0.25, 0.3) is 0 Å². The first-order valence-electron chi connectivity index (χ1n) is 11.0. The number of carbonyl (C=O) groups is 1. The molecule has 0 aromatic carbocycles. The summed E-state index contributed by atoms with van der Waals surface area (Å²) >= 11 is 0. The minimum Gasteiger partial charge on any atom is -0.345 e. The number of hydrogen-bond acceptors (Lipinski definition) is 8. The summed E-state index contributed by atoms with van der Waals surface area (Å²) in [6.07, 6.45) is 7.01. The van der Waals surface area contributed by atoms with Crippen LogP contribution < -0.4 is 10.6 Å². The molecule has 174 valence electrons. The van der Waals surface area contributed by atoms with E-state index in [9.17, 15) is 9.18 Å². The van der Waals surface area contributed by atoms with Crippen LogP contribution in [0.4, 0.5) is 27.4 Å². The number of aromatic amines is 1. The minimum atomic E-state index is -0.887. The first-order chi connectivity index (χ1) is 17.0. The highest BCUT2D eigenvalue weighted by Crippen LogP contribution is 2.28. The van der Waals surface area contributed by atoms with Gasteiger partial charge in [-0.15, -0.1) is 0 Å². The van der Waals surface area contributed by atoms with Gasteiger partial charge in [0.05, 0.1) is 40.3 Å². The normalized spacial score (nSPS) is 10.9. The monoisotopic (exact) mass is 468 g/mol. The predicted molar refractivity (Wildman–Crippen MR) is 131 cm³/mol. The second kappa shape index (κ2) is 9.26. The van der Waals surface area contributed by atoms with Crippen molar-refractivity contribution in [2.24, 2.45) is 0 Å². The fraction of sp³-hybridized carbons (Fsp3) is 0.120. The molecule has 0 aliphatic rings. The molecule has 0 amide bonds. The van der Waals surface area contributed by atoms with E-state index in [1.165, 1.54) is 18.6 Å². The second-order valence-corrected chi connectivity index (χ2v) is 7.84. The molecule has 5 aromatic heterocycles. The van der Waals surface area contributed by atoms with E-state index in [0.29, 0.717) is 28.2 Å². The van der Waals surface area contributed by atoms with E-state index < -0.39 is 11.7 Å². The number of pyridine rings is 3. The Kier molecular flexibility index (Phi) is 5.84. The van der Waals surface area contributed by atoms with E-state index in [1.807, 2.05) is 38.1 Å². The van der Waals surface area contributed by atoms with Crippen molar-refractivity contribution in [3.63, 3.8) is 0 Å². The van der Waals surface area contributed by atoms with Gasteiger partial charge in [0, 0.05) is 17.6 Å². The van der Waals surface area contributed by atoms with Gasteiger partial charge < -0.3 is 15.6 Å². The molecule has 5 rings (SSSR count). The molecule has 0 aliphatic heterocycles. The summed E-state index contributed by atoms with van der Waals surface area (Å²) in [6, 6.07) is 10.4. The third-order valence-corrected chi connectivity index (χ3v) is 5.44. The van der Waals surface area contributed by atoms with E-state index in [1.54, 1.807) is 18.5 Å². The average Bonchev–Trinajstić information content (AvgIpc) is 3.31. The largest absolute Gasteiger partial charge is 0.345 e. The van der Waals surface area contributed by atoms with Crippen LogP contribution >= 0.6 is 0 Å². The molecule has 0 atom stereocenters. The molecule has 0 unspecified atom stereocenters. The maximum atomic E-state index is 14.9. The van der Waals surface area contributed by atoms with Crippen LogP contribution in [-0.4, -0.2) is 35.7 Å². The van der Waals surface area contributed by atoms with Gasteiger partial charge >= 0.3 is 0 Å². The quantitative estimate of drug-likeness (QED) is 0.228. The molecule has 0 saturated carbocycles. The lowest BCUT2D eigenvalue weighted by Gasteiger charge is -2.09. The summed E-state index contributed by atoms with van der Waals surface area (Å²) in [5.74, 6) is -0.759. The van der Waals surface area contributed by atoms with Gasteiger partial charge in [-0.05, 0) is 49.7 Å². The number of aryl methyl sites for hydroxylation is 2. The SMILES string of the molecule is CCc1ccc(Nc2ccc(C(=O)c3c[nH]c4ncnc(Nc5ccc(C)nc5)c34)c(F)n2)cn1. The second-order valence-electron chi connectivity index (χ2n) is 7.84. The van der Waals surface area contributed by atoms with Crippen molar-refractivity contribution < 1.29 is 9.18 Å². The number of hydrogen-bond donors (Lipinski definition) is 3. The molecule has 35 heavy (non-hydrogen) atoms. The third kappa shape index (κ3) is 4.54. The Morgan fingerprint density at radius 2 is 1.74 bits per heavy atom. The minimum absolute atomic E-state index is 0.164. The topological polar surface area (TPSA) is 121 Å². The molecule has 5 aromatic rings. The molecule has 10 heteroatoms. The lowest BCUT2D eigenvalue weighted by atomic mass is 10.0. The highest BCUT2D eigenvalue weighted by Gasteiger charge is 2.22. The van der Waals surface area contributed by atoms with E-state index in [-0.39, 0.29) is 16.9 Å². The summed E-state index contributed by atoms with van der Waals surface area (Å²) in [6.45, 7) is 3.90. The lowest BCUT2D eigenvalue weighted by Crippen LogP contribution is -2.08. The van der Waals surface area contributed by atoms with Crippen LogP contribution in [0, 0.1) is 12.9 Å². The predicted octanol–water partition coefficient (Wildman–Crippen LogP) is 4.87. The molecule has 0 bridgehead atoms. The number of nitrogens with one attached hydrogen (secondary N) is 3. The van der Waals surface area contributed by atoms with Crippen molar-refractivity contribution >= 4 is 39.8 Å². The molecule has 0 saturated heterocycles. The van der Waals surface area contributed by atoms with Crippen LogP contribution in [-0.2, 0) is 6.42 Å². The van der Waals surface area contributed by atoms with E-state index >= 15 is 0 Å². The third-order valence-electron chi connectivity index (χ3n) is 5.44. The average molecular weight is 468 g/mol. The number of nitrogens with zero attached hydrogens (tertiary/aromatic N) is 5. The van der Waals surface area contributed by atoms with Gasteiger partial charge in [-0.1, -0.05) is 6.92 Å². The molecule has 3 N–H and O–H groups in total. The zero-order valence-corrected chi connectivity index (χ0v) is 19.0. The van der Waals surface area contributed by atoms with Crippen LogP contribution in [0.1, 0.15) is 34.2 Å². The van der Waals surface area contributed by atoms with Gasteiger partial charge in [0.2, 0.25) is 5.95 Å². The van der Waals surface area contributed by atoms with Gasteiger partial charge in [-0.2, -0.15) is 4.39 Å². The van der Waals surface area contributed by atoms with Crippen LogP contribution in [0.5, 0.6) is 0 Å². The first-order valence-corrected chi connectivity index (χ1v) is 11.0. The number of fused-ring (bicyclic) bond motifs is 1. The summed E-state index contributed by atoms with van der Waals surface area (Å²) in [5.41, 5.74) is 3.69. The summed E-state index contributed by atoms with van der Waals surface area (Å²) in [5, 5.41) is 6.60. The number of anilines is 4. The van der Waals surface area contributed by atoms with Crippen LogP contribution in [0.2, 0.25) is 0 Å². The Hall–Kier alpha value is -4.73. The fourth-order valence-electron chi connectivity index (χ4n) is 3.59. The Morgan fingerprint density at radius 1 is 0.943 bits per heavy atom. The molecule has 0 radical (unpaired) electrons. The van der Waals surface area contributed by atoms with Crippen molar-refractivity contribution in [1.29, 1.82) is 0 Å². The van der Waals surface area contributed by atoms with Crippen molar-refractivity contribution in [2.75, 3.05) is 10.6 Å². The van der Waals surface area contributed by atoms with Crippen molar-refractivity contribution in [1.82, 2.24) is 29.9 Å². The number of aromatic nitrogens is 6. The number of rotatable bonds is 7. The summed E-state index contributed by atoms with van der Waals surface area (Å²) < 4.78 is 14.9. The first kappa shape index (κ1) is 22.1. The summed E-state index contributed by atoms with van der Waals surface area (Å²) in [4.78, 5) is 37.2. The molecular weight excluding hydrogens is 447 g/mol. The van der Waals surface area contributed by atoms with Crippen molar-refractivity contribution in [2.45, 2.75) is 20.3 Å². The maximum absolute atomic E-state index is 14.9. The Morgan fingerprint density at radius 3 is 2.46 bits per heavy atom. The maximum Gasteiger partial charge on any atom is 0.226 e. The lowest BCUT2D eigenvalue weighted by molar-refractivity contribution is 0.103. The molecule has 9 nitrogen and oxygen atoms in total. The van der Waals surface area contributed by atoms with Crippen molar-refractivity contribution in [3.8, 4) is 0 Å². The van der Waals surface area contributed by atoms with Crippen LogP contribution in [0.15, 0.2) is 61.3 Å². The van der Waals surface area contributed by atoms with Gasteiger partial charge in [-0.3, -0.25) is 14.8 Å². The summed E-state index contributed by atoms with van der Waals surface area (Å²) in [7, 11) is 0. The number of H-pyrrole nitrogens is 1. The van der Waals surface area contributed by atoms with E-state index in [0.717, 1.165) is 17.8 Å². The van der Waals surface area contributed by atoms with Gasteiger partial charge in [0.1, 0.15) is 23.6 Å². The smallest absolute Gasteiger partial charge is 0.226 e. The fourth-order valence-corrected chi connectivity index (χ4v) is 3.59. The molecule has 0 spiro atoms. The molecular formula is C25H21FN8O. The van der Waals surface area contributed by atoms with Crippen LogP contribution in [0.3, 0.4) is 0 Å². The number of ketones is 1. The van der Waals surface area contributed by atoms with E-state index in [2.05, 4.69) is 40.5 Å². The molecule has 0 aliphatic carbocycles. The Balaban J connectivity index is 1.44. The molecule has 5 heterocycles. The molecule has 0 fully saturated rings. The highest BCUT2D eigenvalue weighted by molar-refractivity contribution is 6.18. The van der Waals surface area contributed by atoms with E-state index in [4.69, 9.17) is 0 Å². The Bertz CT molecular complexity index is 1510. The zero-order valence-electron chi connectivity index (χ0n) is 19.0.